The van der Waals surface area contributed by atoms with E-state index in [9.17, 15) is 56.2 Å². The smallest absolute Gasteiger partial charge is 0.187 e. The summed E-state index contributed by atoms with van der Waals surface area (Å²) in [5.41, 5.74) is 0. The third kappa shape index (κ3) is 5.52. The van der Waals surface area contributed by atoms with E-state index in [-0.39, 0.29) is 0 Å². The Labute approximate surface area is 192 Å². The quantitative estimate of drug-likeness (QED) is 0.154. The number of hydrogen-bond acceptors (Lipinski definition) is 16. The summed E-state index contributed by atoms with van der Waals surface area (Å²) in [4.78, 5) is 0. The molecule has 34 heavy (non-hydrogen) atoms. The molecule has 0 amide bonds. The highest BCUT2D eigenvalue weighted by molar-refractivity contribution is 4.94. The summed E-state index contributed by atoms with van der Waals surface area (Å²) in [6, 6.07) is 0. The van der Waals surface area contributed by atoms with Crippen molar-refractivity contribution in [1.29, 1.82) is 0 Å². The SMILES string of the molecule is OC[C@H]1O[C@@H](OC[C@H]2O[C@@H](O)[C@H](O[C@@H]3O[C@H](CO)[C@H](O)[C@H](O)[C@H]3O)[C@@H](O)[C@H]2O)[C@H](O)[C@@H](O)[C@H]1O. The van der Waals surface area contributed by atoms with E-state index in [1.807, 2.05) is 0 Å². The Morgan fingerprint density at radius 1 is 0.500 bits per heavy atom. The topological polar surface area (TPSA) is 269 Å². The molecule has 11 N–H and O–H groups in total. The molecule has 0 aromatic carbocycles. The van der Waals surface area contributed by atoms with Crippen LogP contribution in [-0.2, 0) is 23.7 Å². The molecule has 0 spiro atoms. The highest BCUT2D eigenvalue weighted by Gasteiger charge is 2.51. The number of rotatable bonds is 7. The lowest BCUT2D eigenvalue weighted by molar-refractivity contribution is -0.366. The first-order chi connectivity index (χ1) is 16.0. The van der Waals surface area contributed by atoms with Crippen molar-refractivity contribution in [3.63, 3.8) is 0 Å². The molecule has 16 heteroatoms. The fourth-order valence-electron chi connectivity index (χ4n) is 3.94. The van der Waals surface area contributed by atoms with Gasteiger partial charge in [-0.15, -0.1) is 0 Å². The zero-order valence-corrected chi connectivity index (χ0v) is 17.7. The van der Waals surface area contributed by atoms with Crippen molar-refractivity contribution in [2.24, 2.45) is 0 Å². The average Bonchev–Trinajstić information content (AvgIpc) is 2.82. The molecule has 3 fully saturated rings. The van der Waals surface area contributed by atoms with Crippen molar-refractivity contribution < 1.29 is 79.9 Å². The maximum atomic E-state index is 10.4. The molecule has 3 aliphatic rings. The van der Waals surface area contributed by atoms with Crippen molar-refractivity contribution in [3.8, 4) is 0 Å². The molecule has 0 saturated carbocycles. The number of hydrogen-bond donors (Lipinski definition) is 11. The van der Waals surface area contributed by atoms with Gasteiger partial charge in [-0.2, -0.15) is 0 Å². The van der Waals surface area contributed by atoms with E-state index in [0.29, 0.717) is 0 Å². The van der Waals surface area contributed by atoms with E-state index < -0.39 is 112 Å². The largest absolute Gasteiger partial charge is 0.394 e. The predicted molar refractivity (Wildman–Crippen MR) is 101 cm³/mol. The summed E-state index contributed by atoms with van der Waals surface area (Å²) >= 11 is 0. The second-order valence-corrected chi connectivity index (χ2v) is 8.37. The summed E-state index contributed by atoms with van der Waals surface area (Å²) in [5.74, 6) is 0. The normalized spacial score (nSPS) is 52.5. The second kappa shape index (κ2) is 11.6. The Morgan fingerprint density at radius 3 is 1.50 bits per heavy atom. The minimum absolute atomic E-state index is 0.593. The number of aliphatic hydroxyl groups is 11. The third-order valence-electron chi connectivity index (χ3n) is 6.08. The van der Waals surface area contributed by atoms with E-state index in [4.69, 9.17) is 23.7 Å². The Morgan fingerprint density at radius 2 is 0.971 bits per heavy atom. The highest BCUT2D eigenvalue weighted by Crippen LogP contribution is 2.29. The number of aliphatic hydroxyl groups excluding tert-OH is 11. The fraction of sp³-hybridized carbons (Fsp3) is 1.00. The Balaban J connectivity index is 1.59. The first-order valence-corrected chi connectivity index (χ1v) is 10.6. The molecule has 0 unspecified atom stereocenters. The van der Waals surface area contributed by atoms with Crippen molar-refractivity contribution in [3.05, 3.63) is 0 Å². The lowest BCUT2D eigenvalue weighted by Gasteiger charge is -2.45. The van der Waals surface area contributed by atoms with Gasteiger partial charge < -0.3 is 79.9 Å². The van der Waals surface area contributed by atoms with Crippen LogP contribution >= 0.6 is 0 Å². The van der Waals surface area contributed by atoms with Crippen LogP contribution < -0.4 is 0 Å². The molecular weight excluding hydrogens is 472 g/mol. The van der Waals surface area contributed by atoms with Crippen LogP contribution in [0.2, 0.25) is 0 Å². The zero-order valence-electron chi connectivity index (χ0n) is 17.7. The van der Waals surface area contributed by atoms with Crippen LogP contribution in [0.15, 0.2) is 0 Å². The van der Waals surface area contributed by atoms with Crippen molar-refractivity contribution in [2.75, 3.05) is 19.8 Å². The first kappa shape index (κ1) is 27.9. The van der Waals surface area contributed by atoms with Gasteiger partial charge in [0.15, 0.2) is 18.9 Å². The maximum Gasteiger partial charge on any atom is 0.187 e. The van der Waals surface area contributed by atoms with Gasteiger partial charge in [0.05, 0.1) is 19.8 Å². The summed E-state index contributed by atoms with van der Waals surface area (Å²) in [6.45, 7) is -2.02. The average molecular weight is 504 g/mol. The molecule has 3 rings (SSSR count). The van der Waals surface area contributed by atoms with Crippen LogP contribution in [0.3, 0.4) is 0 Å². The Hall–Kier alpha value is -0.640. The molecule has 0 bridgehead atoms. The minimum Gasteiger partial charge on any atom is -0.394 e. The highest BCUT2D eigenvalue weighted by atomic mass is 16.7. The maximum absolute atomic E-state index is 10.4. The first-order valence-electron chi connectivity index (χ1n) is 10.6. The molecule has 15 atom stereocenters. The van der Waals surface area contributed by atoms with Gasteiger partial charge in [0.25, 0.3) is 0 Å². The predicted octanol–water partition coefficient (Wildman–Crippen LogP) is -7.57. The van der Waals surface area contributed by atoms with Crippen molar-refractivity contribution in [2.45, 2.75) is 92.1 Å². The van der Waals surface area contributed by atoms with Gasteiger partial charge in [-0.25, -0.2) is 0 Å². The summed E-state index contributed by atoms with van der Waals surface area (Å²) < 4.78 is 26.0. The van der Waals surface area contributed by atoms with Gasteiger partial charge in [-0.3, -0.25) is 0 Å². The van der Waals surface area contributed by atoms with Gasteiger partial charge >= 0.3 is 0 Å². The molecule has 3 heterocycles. The molecule has 0 aliphatic carbocycles. The van der Waals surface area contributed by atoms with E-state index in [1.54, 1.807) is 0 Å². The van der Waals surface area contributed by atoms with Gasteiger partial charge in [-0.1, -0.05) is 0 Å². The second-order valence-electron chi connectivity index (χ2n) is 8.37. The molecular formula is C18H32O16. The summed E-state index contributed by atoms with van der Waals surface area (Å²) in [7, 11) is 0. The summed E-state index contributed by atoms with van der Waals surface area (Å²) in [5, 5.41) is 109. The van der Waals surface area contributed by atoms with Crippen LogP contribution in [0.25, 0.3) is 0 Å². The fourth-order valence-corrected chi connectivity index (χ4v) is 3.94. The van der Waals surface area contributed by atoms with Crippen LogP contribution in [0.4, 0.5) is 0 Å². The Kier molecular flexibility index (Phi) is 9.54. The van der Waals surface area contributed by atoms with Gasteiger partial charge in [-0.05, 0) is 0 Å². The summed E-state index contributed by atoms with van der Waals surface area (Å²) in [6.07, 6.45) is -24.8. The van der Waals surface area contributed by atoms with Gasteiger partial charge in [0, 0.05) is 0 Å². The van der Waals surface area contributed by atoms with Crippen LogP contribution in [0.5, 0.6) is 0 Å². The molecule has 3 aliphatic heterocycles. The lowest BCUT2D eigenvalue weighted by Crippen LogP contribution is -2.64. The molecule has 0 aromatic heterocycles. The van der Waals surface area contributed by atoms with Crippen molar-refractivity contribution >= 4 is 0 Å². The van der Waals surface area contributed by atoms with E-state index in [1.165, 1.54) is 0 Å². The molecule has 16 nitrogen and oxygen atoms in total. The minimum atomic E-state index is -1.92. The monoisotopic (exact) mass is 504 g/mol. The Bertz CT molecular complexity index is 635. The molecule has 3 saturated heterocycles. The zero-order chi connectivity index (χ0) is 25.3. The van der Waals surface area contributed by atoms with E-state index in [2.05, 4.69) is 0 Å². The van der Waals surface area contributed by atoms with Gasteiger partial charge in [0.1, 0.15) is 73.2 Å². The van der Waals surface area contributed by atoms with E-state index in [0.717, 1.165) is 0 Å². The standard InChI is InChI=1S/C18H32O16/c19-1-4-7(21)10(24)13(27)17(32-4)30-3-6-9(23)12(26)15(16(29)31-6)34-18-14(28)11(25)8(22)5(2-20)33-18/h4-29H,1-3H2/t4-,5-,6-,7+,8+,9+,10+,11+,12+,13-,14-,15-,16-,17-,18+/m1/s1. The van der Waals surface area contributed by atoms with E-state index >= 15 is 0 Å². The molecule has 200 valence electrons. The van der Waals surface area contributed by atoms with Gasteiger partial charge in [0.2, 0.25) is 0 Å². The van der Waals surface area contributed by atoms with Crippen LogP contribution in [-0.4, -0.2) is 168 Å². The lowest BCUT2D eigenvalue weighted by atomic mass is 9.97. The number of ether oxygens (including phenoxy) is 5. The van der Waals surface area contributed by atoms with Crippen molar-refractivity contribution in [1.82, 2.24) is 0 Å². The third-order valence-corrected chi connectivity index (χ3v) is 6.08. The van der Waals surface area contributed by atoms with Crippen LogP contribution in [0, 0.1) is 0 Å². The molecule has 0 radical (unpaired) electrons. The molecule has 0 aromatic rings. The van der Waals surface area contributed by atoms with Crippen LogP contribution in [0.1, 0.15) is 0 Å².